The Bertz CT molecular complexity index is 1450. The molecular formula is C26H28N6O2S. The van der Waals surface area contributed by atoms with Gasteiger partial charge in [0.1, 0.15) is 5.01 Å². The number of urea groups is 1. The Morgan fingerprint density at radius 1 is 1.03 bits per heavy atom. The normalized spacial score (nSPS) is 14.4. The highest BCUT2D eigenvalue weighted by Crippen LogP contribution is 2.25. The summed E-state index contributed by atoms with van der Waals surface area (Å²) >= 11 is 1.42. The quantitative estimate of drug-likeness (QED) is 0.468. The average Bonchev–Trinajstić information content (AvgIpc) is 3.27. The molecule has 0 spiro atoms. The Morgan fingerprint density at radius 3 is 2.57 bits per heavy atom. The van der Waals surface area contributed by atoms with Gasteiger partial charge < -0.3 is 10.2 Å². The molecule has 2 aromatic heterocycles. The van der Waals surface area contributed by atoms with E-state index < -0.39 is 0 Å². The van der Waals surface area contributed by atoms with Crippen molar-refractivity contribution in [1.82, 2.24) is 24.4 Å². The highest BCUT2D eigenvalue weighted by molar-refractivity contribution is 7.19. The number of fused-ring (bicyclic) bond motifs is 1. The number of piperazine rings is 1. The largest absolute Gasteiger partial charge is 0.322 e. The van der Waals surface area contributed by atoms with Crippen LogP contribution in [-0.2, 0) is 6.54 Å². The van der Waals surface area contributed by atoms with Crippen molar-refractivity contribution >= 4 is 28.0 Å². The number of hydrogen-bond acceptors (Lipinski definition) is 6. The van der Waals surface area contributed by atoms with Crippen LogP contribution in [-0.4, -0.2) is 56.6 Å². The summed E-state index contributed by atoms with van der Waals surface area (Å²) in [6.45, 7) is 9.34. The van der Waals surface area contributed by atoms with Crippen LogP contribution in [0.15, 0.2) is 53.3 Å². The molecule has 180 valence electrons. The van der Waals surface area contributed by atoms with Gasteiger partial charge in [-0.15, -0.1) is 0 Å². The SMILES string of the molecule is Cc1cccc(-c2nn3c(=O)cc(CN4CCN(C(=O)Nc5cccc(C)c5C)CC4)nc3s2)c1. The number of rotatable bonds is 4. The molecule has 1 N–H and O–H groups in total. The van der Waals surface area contributed by atoms with Crippen molar-refractivity contribution in [3.8, 4) is 10.6 Å². The van der Waals surface area contributed by atoms with E-state index in [2.05, 4.69) is 21.4 Å². The highest BCUT2D eigenvalue weighted by atomic mass is 32.1. The molecule has 35 heavy (non-hydrogen) atoms. The van der Waals surface area contributed by atoms with Crippen molar-refractivity contribution in [3.05, 3.63) is 81.3 Å². The van der Waals surface area contributed by atoms with E-state index in [0.717, 1.165) is 51.7 Å². The number of nitrogens with zero attached hydrogens (tertiary/aromatic N) is 5. The lowest BCUT2D eigenvalue weighted by atomic mass is 10.1. The predicted molar refractivity (Wildman–Crippen MR) is 139 cm³/mol. The summed E-state index contributed by atoms with van der Waals surface area (Å²) in [6.07, 6.45) is 0. The van der Waals surface area contributed by atoms with Crippen LogP contribution in [0.4, 0.5) is 10.5 Å². The standard InChI is InChI=1S/C26H28N6O2S/c1-17-6-4-8-20(14-17)24-29-32-23(33)15-21(27-26(32)35-24)16-30-10-12-31(13-11-30)25(34)28-22-9-5-7-18(2)19(22)3/h4-9,14-15H,10-13,16H2,1-3H3,(H,28,34). The maximum atomic E-state index is 12.8. The second-order valence-electron chi connectivity index (χ2n) is 9.00. The fourth-order valence-corrected chi connectivity index (χ4v) is 5.17. The minimum absolute atomic E-state index is 0.0792. The van der Waals surface area contributed by atoms with E-state index >= 15 is 0 Å². The summed E-state index contributed by atoms with van der Waals surface area (Å²) in [5, 5.41) is 8.30. The van der Waals surface area contributed by atoms with Gasteiger partial charge in [0, 0.05) is 50.0 Å². The molecule has 1 aliphatic rings. The molecule has 1 aliphatic heterocycles. The summed E-state index contributed by atoms with van der Waals surface area (Å²) in [5.74, 6) is 0. The van der Waals surface area contributed by atoms with Gasteiger partial charge in [-0.1, -0.05) is 47.2 Å². The first kappa shape index (κ1) is 23.2. The Labute approximate surface area is 207 Å². The van der Waals surface area contributed by atoms with E-state index in [9.17, 15) is 9.59 Å². The minimum Gasteiger partial charge on any atom is -0.322 e. The number of nitrogens with one attached hydrogen (secondary N) is 1. The third kappa shape index (κ3) is 4.96. The Balaban J connectivity index is 1.24. The Hall–Kier alpha value is -3.56. The monoisotopic (exact) mass is 488 g/mol. The molecule has 2 amide bonds. The van der Waals surface area contributed by atoms with Crippen LogP contribution in [0.3, 0.4) is 0 Å². The van der Waals surface area contributed by atoms with Crippen LogP contribution in [0.5, 0.6) is 0 Å². The second-order valence-corrected chi connectivity index (χ2v) is 9.95. The molecule has 3 heterocycles. The molecule has 1 fully saturated rings. The minimum atomic E-state index is -0.174. The molecule has 0 radical (unpaired) electrons. The molecule has 1 saturated heterocycles. The molecular weight excluding hydrogens is 460 g/mol. The number of hydrogen-bond donors (Lipinski definition) is 1. The second kappa shape index (κ2) is 9.59. The van der Waals surface area contributed by atoms with Gasteiger partial charge in [-0.25, -0.2) is 9.78 Å². The van der Waals surface area contributed by atoms with Crippen molar-refractivity contribution in [2.45, 2.75) is 27.3 Å². The predicted octanol–water partition coefficient (Wildman–Crippen LogP) is 4.09. The van der Waals surface area contributed by atoms with Gasteiger partial charge in [-0.3, -0.25) is 9.69 Å². The van der Waals surface area contributed by atoms with E-state index in [0.29, 0.717) is 24.6 Å². The number of benzene rings is 2. The third-order valence-corrected chi connectivity index (χ3v) is 7.41. The number of aromatic nitrogens is 3. The van der Waals surface area contributed by atoms with Crippen molar-refractivity contribution in [1.29, 1.82) is 0 Å². The molecule has 2 aromatic carbocycles. The van der Waals surface area contributed by atoms with Crippen LogP contribution >= 0.6 is 11.3 Å². The van der Waals surface area contributed by atoms with Crippen molar-refractivity contribution in [2.75, 3.05) is 31.5 Å². The number of aryl methyl sites for hydroxylation is 2. The highest BCUT2D eigenvalue weighted by Gasteiger charge is 2.22. The van der Waals surface area contributed by atoms with Gasteiger partial charge in [-0.2, -0.15) is 9.61 Å². The van der Waals surface area contributed by atoms with Crippen LogP contribution in [0.1, 0.15) is 22.4 Å². The van der Waals surface area contributed by atoms with E-state index in [1.165, 1.54) is 15.9 Å². The van der Waals surface area contributed by atoms with Gasteiger partial charge in [0.15, 0.2) is 0 Å². The molecule has 0 bridgehead atoms. The van der Waals surface area contributed by atoms with Gasteiger partial charge in [0.2, 0.25) is 4.96 Å². The zero-order valence-corrected chi connectivity index (χ0v) is 20.9. The molecule has 0 saturated carbocycles. The molecule has 0 unspecified atom stereocenters. The van der Waals surface area contributed by atoms with Crippen LogP contribution < -0.4 is 10.9 Å². The molecule has 4 aromatic rings. The lowest BCUT2D eigenvalue weighted by Gasteiger charge is -2.34. The van der Waals surface area contributed by atoms with Gasteiger partial charge >= 0.3 is 6.03 Å². The molecule has 0 atom stereocenters. The molecule has 8 nitrogen and oxygen atoms in total. The number of carbonyl (C=O) groups is 1. The number of anilines is 1. The van der Waals surface area contributed by atoms with E-state index in [4.69, 9.17) is 4.98 Å². The van der Waals surface area contributed by atoms with Gasteiger partial charge in [0.05, 0.1) is 5.69 Å². The number of amides is 2. The van der Waals surface area contributed by atoms with Gasteiger partial charge in [0.25, 0.3) is 5.56 Å². The van der Waals surface area contributed by atoms with Crippen LogP contribution in [0.2, 0.25) is 0 Å². The number of carbonyl (C=O) groups excluding carboxylic acids is 1. The lowest BCUT2D eigenvalue weighted by molar-refractivity contribution is 0.142. The Morgan fingerprint density at radius 2 is 1.80 bits per heavy atom. The Kier molecular flexibility index (Phi) is 6.36. The first-order valence-electron chi connectivity index (χ1n) is 11.7. The summed E-state index contributed by atoms with van der Waals surface area (Å²) in [4.78, 5) is 34.8. The molecule has 5 rings (SSSR count). The summed E-state index contributed by atoms with van der Waals surface area (Å²) in [7, 11) is 0. The zero-order chi connectivity index (χ0) is 24.5. The fraction of sp³-hybridized carbons (Fsp3) is 0.308. The van der Waals surface area contributed by atoms with Crippen LogP contribution in [0.25, 0.3) is 15.5 Å². The average molecular weight is 489 g/mol. The van der Waals surface area contributed by atoms with Gasteiger partial charge in [-0.05, 0) is 44.0 Å². The van der Waals surface area contributed by atoms with Crippen molar-refractivity contribution in [2.24, 2.45) is 0 Å². The topological polar surface area (TPSA) is 82.8 Å². The first-order valence-corrected chi connectivity index (χ1v) is 12.5. The smallest absolute Gasteiger partial charge is 0.321 e. The van der Waals surface area contributed by atoms with Crippen molar-refractivity contribution in [3.63, 3.8) is 0 Å². The van der Waals surface area contributed by atoms with Crippen molar-refractivity contribution < 1.29 is 4.79 Å². The lowest BCUT2D eigenvalue weighted by Crippen LogP contribution is -2.49. The third-order valence-electron chi connectivity index (χ3n) is 6.45. The molecule has 0 aliphatic carbocycles. The maximum absolute atomic E-state index is 12.8. The fourth-order valence-electron chi connectivity index (χ4n) is 4.25. The summed E-state index contributed by atoms with van der Waals surface area (Å²) in [5.41, 5.74) is 5.77. The first-order chi connectivity index (χ1) is 16.9. The van der Waals surface area contributed by atoms with E-state index in [1.54, 1.807) is 6.07 Å². The summed E-state index contributed by atoms with van der Waals surface area (Å²) < 4.78 is 1.38. The zero-order valence-electron chi connectivity index (χ0n) is 20.1. The summed E-state index contributed by atoms with van der Waals surface area (Å²) in [6, 6.07) is 15.5. The van der Waals surface area contributed by atoms with Crippen LogP contribution in [0, 0.1) is 20.8 Å². The van der Waals surface area contributed by atoms with E-state index in [1.807, 2.05) is 62.1 Å². The maximum Gasteiger partial charge on any atom is 0.321 e. The van der Waals surface area contributed by atoms with E-state index in [-0.39, 0.29) is 11.6 Å². The molecule has 9 heteroatoms.